The maximum absolute atomic E-state index is 14.8. The van der Waals surface area contributed by atoms with Gasteiger partial charge in [-0.1, -0.05) is 23.8 Å². The summed E-state index contributed by atoms with van der Waals surface area (Å²) in [6.07, 6.45) is 6.41. The van der Waals surface area contributed by atoms with E-state index in [1.807, 2.05) is 24.3 Å². The van der Waals surface area contributed by atoms with Crippen LogP contribution in [0.3, 0.4) is 0 Å². The summed E-state index contributed by atoms with van der Waals surface area (Å²) in [7, 11) is 0. The molecule has 3 amide bonds. The Balaban J connectivity index is 1.49. The molecule has 3 aliphatic carbocycles. The quantitative estimate of drug-likeness (QED) is 0.489. The highest BCUT2D eigenvalue weighted by Gasteiger charge is 2.60. The van der Waals surface area contributed by atoms with Crippen LogP contribution in [-0.2, 0) is 14.4 Å². The van der Waals surface area contributed by atoms with Gasteiger partial charge in [0.1, 0.15) is 29.0 Å². The lowest BCUT2D eigenvalue weighted by Gasteiger charge is -2.47. The molecule has 222 valence electrons. The average Bonchev–Trinajstić information content (AvgIpc) is 3.53. The minimum atomic E-state index is -2.92. The Morgan fingerprint density at radius 2 is 1.86 bits per heavy atom. The lowest BCUT2D eigenvalue weighted by atomic mass is 9.77. The van der Waals surface area contributed by atoms with Crippen molar-refractivity contribution < 1.29 is 31.9 Å². The molecule has 0 radical (unpaired) electrons. The molecule has 4 aliphatic rings. The number of halogens is 4. The van der Waals surface area contributed by atoms with Crippen molar-refractivity contribution in [2.75, 3.05) is 9.80 Å². The predicted octanol–water partition coefficient (Wildman–Crippen LogP) is 4.71. The molecule has 8 nitrogen and oxygen atoms in total. The Morgan fingerprint density at radius 3 is 2.56 bits per heavy atom. The van der Waals surface area contributed by atoms with Crippen molar-refractivity contribution in [3.63, 3.8) is 0 Å². The molecular formula is C31H27F4N5O3. The van der Waals surface area contributed by atoms with Gasteiger partial charge >= 0.3 is 0 Å². The molecule has 6 rings (SSSR count). The maximum atomic E-state index is 14.8. The number of aromatic nitrogens is 1. The fourth-order valence-corrected chi connectivity index (χ4v) is 6.85. The SMILES string of the molecule is N#Cc1ccnc(N2C(=O)CC[C@@H]2C(=O)N(c2cc(F)cc(F)c2)[C@@]2(C(=O)NC3CC(F)(F)C3)CCC3=CC=CCC32)c1. The third-order valence-corrected chi connectivity index (χ3v) is 8.80. The maximum Gasteiger partial charge on any atom is 0.252 e. The van der Waals surface area contributed by atoms with Crippen molar-refractivity contribution in [1.29, 1.82) is 5.26 Å². The van der Waals surface area contributed by atoms with Crippen LogP contribution in [-0.4, -0.2) is 46.3 Å². The van der Waals surface area contributed by atoms with Crippen molar-refractivity contribution in [1.82, 2.24) is 10.3 Å². The minimum absolute atomic E-state index is 0.0181. The van der Waals surface area contributed by atoms with E-state index in [0.29, 0.717) is 18.9 Å². The number of alkyl halides is 2. The van der Waals surface area contributed by atoms with E-state index < -0.39 is 71.7 Å². The molecule has 43 heavy (non-hydrogen) atoms. The zero-order valence-electron chi connectivity index (χ0n) is 22.9. The number of nitrogens with zero attached hydrogens (tertiary/aromatic N) is 4. The van der Waals surface area contributed by atoms with E-state index in [4.69, 9.17) is 0 Å². The van der Waals surface area contributed by atoms with Gasteiger partial charge in [-0.05, 0) is 49.9 Å². The van der Waals surface area contributed by atoms with Crippen LogP contribution in [0.15, 0.2) is 60.3 Å². The first kappa shape index (κ1) is 28.6. The van der Waals surface area contributed by atoms with E-state index in [0.717, 1.165) is 27.5 Å². The Morgan fingerprint density at radius 1 is 1.12 bits per heavy atom. The number of carbonyl (C=O) groups is 3. The number of hydrogen-bond acceptors (Lipinski definition) is 5. The van der Waals surface area contributed by atoms with Crippen molar-refractivity contribution in [2.45, 2.75) is 68.5 Å². The predicted molar refractivity (Wildman–Crippen MR) is 147 cm³/mol. The molecule has 1 N–H and O–H groups in total. The van der Waals surface area contributed by atoms with Crippen LogP contribution in [0.5, 0.6) is 0 Å². The summed E-state index contributed by atoms with van der Waals surface area (Å²) < 4.78 is 56.9. The summed E-state index contributed by atoms with van der Waals surface area (Å²) in [4.78, 5) is 48.6. The summed E-state index contributed by atoms with van der Waals surface area (Å²) in [5.41, 5.74) is -0.926. The van der Waals surface area contributed by atoms with Crippen LogP contribution in [0.4, 0.5) is 29.1 Å². The Hall–Kier alpha value is -4.53. The highest BCUT2D eigenvalue weighted by molar-refractivity contribution is 6.12. The van der Waals surface area contributed by atoms with Crippen LogP contribution in [0.2, 0.25) is 0 Å². The molecule has 3 atom stereocenters. The zero-order valence-corrected chi connectivity index (χ0v) is 22.9. The third-order valence-electron chi connectivity index (χ3n) is 8.80. The summed E-state index contributed by atoms with van der Waals surface area (Å²) in [5, 5.41) is 12.1. The number of nitriles is 1. The first-order valence-corrected chi connectivity index (χ1v) is 14.1. The largest absolute Gasteiger partial charge is 0.351 e. The standard InChI is InChI=1S/C31H27F4N5O3/c32-20-12-21(33)14-23(13-20)40(28(42)25-5-6-27(41)39(25)26-11-18(17-36)8-10-37-26)31(9-7-19-3-1-2-4-24(19)31)29(43)38-22-15-30(34,35)16-22/h1-3,8,10-14,22,24-25H,4-7,9,15-16H2,(H,38,43)/t24?,25-,31+/m1/s1. The Bertz CT molecular complexity index is 1590. The van der Waals surface area contributed by atoms with E-state index in [9.17, 15) is 37.2 Å². The molecule has 1 aromatic carbocycles. The van der Waals surface area contributed by atoms with Gasteiger partial charge in [-0.3, -0.25) is 24.2 Å². The number of anilines is 2. The monoisotopic (exact) mass is 593 g/mol. The second-order valence-electron chi connectivity index (χ2n) is 11.5. The van der Waals surface area contributed by atoms with Crippen LogP contribution < -0.4 is 15.1 Å². The van der Waals surface area contributed by atoms with E-state index in [-0.39, 0.29) is 36.3 Å². The fraction of sp³-hybridized carbons (Fsp3) is 0.387. The molecule has 1 unspecified atom stereocenters. The number of amides is 3. The van der Waals surface area contributed by atoms with Crippen LogP contribution in [0.1, 0.15) is 50.5 Å². The number of hydrogen-bond donors (Lipinski definition) is 1. The number of pyridine rings is 1. The summed E-state index contributed by atoms with van der Waals surface area (Å²) in [6, 6.07) is 5.25. The summed E-state index contributed by atoms with van der Waals surface area (Å²) in [6.45, 7) is 0. The highest BCUT2D eigenvalue weighted by Crippen LogP contribution is 2.50. The van der Waals surface area contributed by atoms with Gasteiger partial charge in [-0.15, -0.1) is 0 Å². The van der Waals surface area contributed by atoms with Crippen LogP contribution in [0.25, 0.3) is 0 Å². The van der Waals surface area contributed by atoms with E-state index in [1.165, 1.54) is 18.3 Å². The van der Waals surface area contributed by atoms with Gasteiger partial charge in [0.05, 0.1) is 17.3 Å². The first-order chi connectivity index (χ1) is 20.5. The van der Waals surface area contributed by atoms with Gasteiger partial charge in [0, 0.05) is 43.5 Å². The second kappa shape index (κ2) is 10.6. The number of nitrogens with one attached hydrogen (secondary N) is 1. The van der Waals surface area contributed by atoms with Gasteiger partial charge in [0.25, 0.3) is 11.8 Å². The lowest BCUT2D eigenvalue weighted by Crippen LogP contribution is -2.68. The molecule has 1 aromatic heterocycles. The third kappa shape index (κ3) is 4.96. The topological polar surface area (TPSA) is 106 Å². The van der Waals surface area contributed by atoms with Crippen molar-refractivity contribution >= 4 is 29.2 Å². The molecule has 2 aromatic rings. The highest BCUT2D eigenvalue weighted by atomic mass is 19.3. The van der Waals surface area contributed by atoms with Crippen LogP contribution in [0, 0.1) is 28.9 Å². The average molecular weight is 594 g/mol. The molecule has 0 spiro atoms. The minimum Gasteiger partial charge on any atom is -0.351 e. The molecule has 2 saturated carbocycles. The number of fused-ring (bicyclic) bond motifs is 1. The molecule has 3 fully saturated rings. The van der Waals surface area contributed by atoms with Gasteiger partial charge in [0.2, 0.25) is 11.8 Å². The normalized spacial score (nSPS) is 25.9. The Kier molecular flexibility index (Phi) is 7.07. The summed E-state index contributed by atoms with van der Waals surface area (Å²) >= 11 is 0. The smallest absolute Gasteiger partial charge is 0.252 e. The number of carbonyl (C=O) groups excluding carboxylic acids is 3. The van der Waals surface area contributed by atoms with Gasteiger partial charge in [-0.2, -0.15) is 5.26 Å². The van der Waals surface area contributed by atoms with Gasteiger partial charge in [-0.25, -0.2) is 22.5 Å². The Labute approximate surface area is 244 Å². The van der Waals surface area contributed by atoms with Gasteiger partial charge in [0.15, 0.2) is 0 Å². The van der Waals surface area contributed by atoms with Crippen molar-refractivity contribution in [2.24, 2.45) is 5.92 Å². The van der Waals surface area contributed by atoms with E-state index in [2.05, 4.69) is 10.3 Å². The van der Waals surface area contributed by atoms with E-state index in [1.54, 1.807) is 0 Å². The van der Waals surface area contributed by atoms with Gasteiger partial charge < -0.3 is 5.32 Å². The van der Waals surface area contributed by atoms with Crippen molar-refractivity contribution in [3.05, 3.63) is 77.5 Å². The van der Waals surface area contributed by atoms with E-state index >= 15 is 0 Å². The second-order valence-corrected chi connectivity index (χ2v) is 11.5. The molecule has 0 bridgehead atoms. The zero-order chi connectivity index (χ0) is 30.5. The summed E-state index contributed by atoms with van der Waals surface area (Å²) in [5.74, 6) is -7.37. The van der Waals surface area contributed by atoms with Crippen molar-refractivity contribution in [3.8, 4) is 6.07 Å². The number of benzene rings is 1. The number of allylic oxidation sites excluding steroid dienone is 3. The molecule has 2 heterocycles. The number of rotatable bonds is 6. The molecule has 12 heteroatoms. The fourth-order valence-electron chi connectivity index (χ4n) is 6.85. The molecule has 1 saturated heterocycles. The molecule has 1 aliphatic heterocycles. The van der Waals surface area contributed by atoms with Crippen LogP contribution >= 0.6 is 0 Å². The molecular weight excluding hydrogens is 566 g/mol. The lowest BCUT2D eigenvalue weighted by molar-refractivity contribution is -0.138. The first-order valence-electron chi connectivity index (χ1n) is 14.1.